The van der Waals surface area contributed by atoms with E-state index in [9.17, 15) is 0 Å². The van der Waals surface area contributed by atoms with Crippen LogP contribution in [-0.4, -0.2) is 56.7 Å². The van der Waals surface area contributed by atoms with Gasteiger partial charge in [0.15, 0.2) is 11.5 Å². The maximum atomic E-state index is 9.13. The van der Waals surface area contributed by atoms with Gasteiger partial charge in [-0.1, -0.05) is 0 Å². The molecule has 110 valence electrons. The largest absolute Gasteiger partial charge is 0.394 e. The van der Waals surface area contributed by atoms with Crippen LogP contribution in [0.4, 0.5) is 5.82 Å². The maximum absolute atomic E-state index is 9.13. The van der Waals surface area contributed by atoms with Crippen LogP contribution in [0.15, 0.2) is 12.7 Å². The van der Waals surface area contributed by atoms with Crippen LogP contribution in [0.5, 0.6) is 0 Å². The first-order valence-corrected chi connectivity index (χ1v) is 7.04. The number of thiol groups is 1. The Labute approximate surface area is 121 Å². The van der Waals surface area contributed by atoms with Crippen molar-refractivity contribution in [3.05, 3.63) is 12.7 Å². The first kappa shape index (κ1) is 15.0. The van der Waals surface area contributed by atoms with Crippen molar-refractivity contribution >= 4 is 29.6 Å². The molecule has 0 aromatic carbocycles. The molecule has 2 aromatic heterocycles. The Bertz CT molecular complexity index is 563. The highest BCUT2D eigenvalue weighted by atomic mass is 32.1. The van der Waals surface area contributed by atoms with E-state index in [2.05, 4.69) is 32.9 Å². The predicted molar refractivity (Wildman–Crippen MR) is 78.5 cm³/mol. The second-order valence-electron chi connectivity index (χ2n) is 4.14. The van der Waals surface area contributed by atoms with Gasteiger partial charge in [0.25, 0.3) is 0 Å². The predicted octanol–water partition coefficient (Wildman–Crippen LogP) is -0.566. The van der Waals surface area contributed by atoms with Crippen molar-refractivity contribution in [2.45, 2.75) is 12.3 Å². The first-order valence-electron chi connectivity index (χ1n) is 6.14. The molecule has 0 bridgehead atoms. The highest BCUT2D eigenvalue weighted by Gasteiger charge is 2.24. The number of anilines is 1. The Hall–Kier alpha value is -1.42. The second kappa shape index (κ2) is 6.84. The number of ether oxygens (including phenoxy) is 1. The Balaban J connectivity index is 0.000000704. The molecule has 1 aliphatic rings. The zero-order valence-corrected chi connectivity index (χ0v) is 12.0. The summed E-state index contributed by atoms with van der Waals surface area (Å²) in [6.45, 7) is 1.25. The molecule has 2 aromatic rings. The number of aliphatic hydroxyl groups excluding tert-OH is 1. The van der Waals surface area contributed by atoms with Crippen LogP contribution in [0.3, 0.4) is 0 Å². The maximum Gasteiger partial charge on any atom is 0.167 e. The van der Waals surface area contributed by atoms with Crippen LogP contribution in [-0.2, 0) is 4.74 Å². The van der Waals surface area contributed by atoms with Crippen molar-refractivity contribution in [2.75, 3.05) is 31.7 Å². The summed E-state index contributed by atoms with van der Waals surface area (Å²) in [5.74, 6) is 0.348. The summed E-state index contributed by atoms with van der Waals surface area (Å²) in [6, 6.07) is 0. The van der Waals surface area contributed by atoms with Gasteiger partial charge in [-0.25, -0.2) is 15.0 Å². The van der Waals surface area contributed by atoms with Crippen LogP contribution < -0.4 is 11.1 Å². The van der Waals surface area contributed by atoms with E-state index in [0.29, 0.717) is 30.1 Å². The zero-order valence-electron chi connectivity index (χ0n) is 11.1. The molecular weight excluding hydrogens is 280 g/mol. The molecule has 3 rings (SSSR count). The van der Waals surface area contributed by atoms with E-state index in [1.54, 1.807) is 17.2 Å². The third-order valence-corrected chi connectivity index (χ3v) is 2.94. The molecule has 1 saturated heterocycles. The molecule has 0 saturated carbocycles. The number of nitrogens with two attached hydrogens (primary N) is 1. The van der Waals surface area contributed by atoms with Crippen LogP contribution >= 0.6 is 12.6 Å². The van der Waals surface area contributed by atoms with Gasteiger partial charge in [-0.05, 0) is 6.26 Å². The fourth-order valence-electron chi connectivity index (χ4n) is 2.04. The number of hydrogen-bond acceptors (Lipinski definition) is 8. The molecule has 1 aliphatic heterocycles. The summed E-state index contributed by atoms with van der Waals surface area (Å²) in [5.41, 5.74) is 6.92. The molecule has 0 aliphatic carbocycles. The highest BCUT2D eigenvalue weighted by Crippen LogP contribution is 2.21. The molecule has 4 N–H and O–H groups in total. The van der Waals surface area contributed by atoms with Crippen molar-refractivity contribution < 1.29 is 9.84 Å². The fraction of sp³-hybridized carbons (Fsp3) is 0.545. The summed E-state index contributed by atoms with van der Waals surface area (Å²) in [7, 11) is 0. The highest BCUT2D eigenvalue weighted by molar-refractivity contribution is 7.79. The van der Waals surface area contributed by atoms with Gasteiger partial charge < -0.3 is 20.9 Å². The number of nitrogens with zero attached hydrogens (tertiary/aromatic N) is 4. The summed E-state index contributed by atoms with van der Waals surface area (Å²) in [5, 5.41) is 12.3. The van der Waals surface area contributed by atoms with E-state index in [0.717, 1.165) is 0 Å². The third-order valence-electron chi connectivity index (χ3n) is 2.94. The lowest BCUT2D eigenvalue weighted by Crippen LogP contribution is -2.44. The Morgan fingerprint density at radius 3 is 3.00 bits per heavy atom. The van der Waals surface area contributed by atoms with Crippen molar-refractivity contribution in [3.63, 3.8) is 0 Å². The molecule has 0 unspecified atom stereocenters. The quantitative estimate of drug-likeness (QED) is 0.550. The number of rotatable bonds is 2. The number of fused-ring (bicyclic) bond motifs is 1. The fourth-order valence-corrected chi connectivity index (χ4v) is 2.04. The van der Waals surface area contributed by atoms with E-state index in [1.807, 2.05) is 0 Å². The van der Waals surface area contributed by atoms with E-state index in [-0.39, 0.29) is 18.9 Å². The van der Waals surface area contributed by atoms with Crippen molar-refractivity contribution in [1.82, 2.24) is 24.8 Å². The van der Waals surface area contributed by atoms with Gasteiger partial charge in [-0.15, -0.1) is 0 Å². The Morgan fingerprint density at radius 2 is 2.25 bits per heavy atom. The number of aliphatic hydroxyl groups is 1. The average molecular weight is 298 g/mol. The summed E-state index contributed by atoms with van der Waals surface area (Å²) in [4.78, 5) is 12.2. The first-order chi connectivity index (χ1) is 9.79. The van der Waals surface area contributed by atoms with E-state index < -0.39 is 0 Å². The number of morpholine rings is 1. The normalized spacial score (nSPS) is 22.4. The van der Waals surface area contributed by atoms with Crippen molar-refractivity contribution in [1.29, 1.82) is 0 Å². The molecule has 2 atom stereocenters. The molecule has 0 amide bonds. The standard InChI is InChI=1S/C10H14N6O2.CH4S/c11-9-8-10(14-4-13-9)16(5-15-8)7-2-12-1-6(3-17)18-7;1-2/h4-7,12,17H,1-3H2,(H2,11,13,14);2H,1H3/t6-,7+;/m0./s1. The third kappa shape index (κ3) is 2.85. The van der Waals surface area contributed by atoms with Crippen LogP contribution in [0.25, 0.3) is 11.2 Å². The van der Waals surface area contributed by atoms with E-state index in [4.69, 9.17) is 15.6 Å². The van der Waals surface area contributed by atoms with Gasteiger partial charge in [0.05, 0.1) is 19.0 Å². The minimum atomic E-state index is -0.254. The number of nitrogens with one attached hydrogen (secondary N) is 1. The number of hydrogen-bond donors (Lipinski definition) is 4. The van der Waals surface area contributed by atoms with Gasteiger partial charge in [-0.3, -0.25) is 4.57 Å². The summed E-state index contributed by atoms with van der Waals surface area (Å²) in [6.07, 6.45) is 4.24. The van der Waals surface area contributed by atoms with Gasteiger partial charge in [-0.2, -0.15) is 12.6 Å². The smallest absolute Gasteiger partial charge is 0.167 e. The minimum absolute atomic E-state index is 0.0206. The van der Waals surface area contributed by atoms with E-state index in [1.165, 1.54) is 6.33 Å². The number of imidazole rings is 1. The molecule has 20 heavy (non-hydrogen) atoms. The van der Waals surface area contributed by atoms with Crippen molar-refractivity contribution in [3.8, 4) is 0 Å². The molecule has 0 spiro atoms. The molecule has 9 heteroatoms. The van der Waals surface area contributed by atoms with Gasteiger partial charge in [0, 0.05) is 13.1 Å². The lowest BCUT2D eigenvalue weighted by atomic mass is 10.3. The molecular formula is C11H18N6O2S. The van der Waals surface area contributed by atoms with Gasteiger partial charge in [0.1, 0.15) is 18.1 Å². The van der Waals surface area contributed by atoms with Gasteiger partial charge >= 0.3 is 0 Å². The van der Waals surface area contributed by atoms with Crippen molar-refractivity contribution in [2.24, 2.45) is 0 Å². The number of aromatic nitrogens is 4. The SMILES string of the molecule is CS.Nc1ncnc2c1ncn2[C@H]1CNC[C@@H](CO)O1. The summed E-state index contributed by atoms with van der Waals surface area (Å²) < 4.78 is 7.53. The second-order valence-corrected chi connectivity index (χ2v) is 4.14. The lowest BCUT2D eigenvalue weighted by Gasteiger charge is -2.30. The van der Waals surface area contributed by atoms with Crippen LogP contribution in [0.1, 0.15) is 6.23 Å². The van der Waals surface area contributed by atoms with Crippen LogP contribution in [0.2, 0.25) is 0 Å². The average Bonchev–Trinajstić information content (AvgIpc) is 2.95. The van der Waals surface area contributed by atoms with Crippen LogP contribution in [0, 0.1) is 0 Å². The van der Waals surface area contributed by atoms with Gasteiger partial charge in [0.2, 0.25) is 0 Å². The van der Waals surface area contributed by atoms with E-state index >= 15 is 0 Å². The molecule has 1 fully saturated rings. The topological polar surface area (TPSA) is 111 Å². The zero-order chi connectivity index (χ0) is 14.5. The monoisotopic (exact) mass is 298 g/mol. The lowest BCUT2D eigenvalue weighted by molar-refractivity contribution is -0.0933. The summed E-state index contributed by atoms with van der Waals surface area (Å²) >= 11 is 3.53. The molecule has 3 heterocycles. The minimum Gasteiger partial charge on any atom is -0.394 e. The Morgan fingerprint density at radius 1 is 1.45 bits per heavy atom. The number of nitrogen functional groups attached to an aromatic ring is 1. The molecule has 0 radical (unpaired) electrons. The Kier molecular flexibility index (Phi) is 5.12. The molecule has 8 nitrogen and oxygen atoms in total.